The lowest BCUT2D eigenvalue weighted by Gasteiger charge is -2.14. The van der Waals surface area contributed by atoms with E-state index in [4.69, 9.17) is 15.2 Å². The standard InChI is InChI=1S/C14H18N2O2/c1-3-4-8-18-14-10-6-5-7-16-13(10)11(15)9-12(14)17-2/h5-7,9H,3-4,8,15H2,1-2H3. The van der Waals surface area contributed by atoms with E-state index < -0.39 is 0 Å². The predicted octanol–water partition coefficient (Wildman–Crippen LogP) is 3.00. The Morgan fingerprint density at radius 2 is 2.22 bits per heavy atom. The van der Waals surface area contributed by atoms with Crippen LogP contribution in [0.4, 0.5) is 5.69 Å². The van der Waals surface area contributed by atoms with Crippen LogP contribution in [0.5, 0.6) is 11.5 Å². The van der Waals surface area contributed by atoms with Crippen LogP contribution >= 0.6 is 0 Å². The molecule has 0 radical (unpaired) electrons. The minimum Gasteiger partial charge on any atom is -0.493 e. The first kappa shape index (κ1) is 12.5. The highest BCUT2D eigenvalue weighted by Gasteiger charge is 2.13. The predicted molar refractivity (Wildman–Crippen MR) is 73.1 cm³/mol. The molecule has 0 amide bonds. The van der Waals surface area contributed by atoms with Crippen LogP contribution < -0.4 is 15.2 Å². The van der Waals surface area contributed by atoms with Gasteiger partial charge in [0.1, 0.15) is 0 Å². The number of hydrogen-bond donors (Lipinski definition) is 1. The Kier molecular flexibility index (Phi) is 3.87. The number of pyridine rings is 1. The third kappa shape index (κ3) is 2.32. The summed E-state index contributed by atoms with van der Waals surface area (Å²) >= 11 is 0. The number of nitrogen functional groups attached to an aromatic ring is 1. The SMILES string of the molecule is CCCCOc1c(OC)cc(N)c2ncccc12. The maximum absolute atomic E-state index is 5.96. The Balaban J connectivity index is 2.49. The summed E-state index contributed by atoms with van der Waals surface area (Å²) in [6.07, 6.45) is 3.82. The first-order valence-electron chi connectivity index (χ1n) is 6.12. The van der Waals surface area contributed by atoms with Gasteiger partial charge in [0.2, 0.25) is 0 Å². The smallest absolute Gasteiger partial charge is 0.170 e. The zero-order chi connectivity index (χ0) is 13.0. The second kappa shape index (κ2) is 5.58. The van der Waals surface area contributed by atoms with E-state index in [1.54, 1.807) is 19.4 Å². The van der Waals surface area contributed by atoms with Crippen molar-refractivity contribution in [2.45, 2.75) is 19.8 Å². The topological polar surface area (TPSA) is 57.4 Å². The Morgan fingerprint density at radius 1 is 1.39 bits per heavy atom. The molecule has 96 valence electrons. The fourth-order valence-corrected chi connectivity index (χ4v) is 1.85. The maximum Gasteiger partial charge on any atom is 0.170 e. The molecule has 0 aliphatic carbocycles. The van der Waals surface area contributed by atoms with Crippen molar-refractivity contribution in [3.05, 3.63) is 24.4 Å². The van der Waals surface area contributed by atoms with Gasteiger partial charge in [-0.1, -0.05) is 13.3 Å². The molecule has 18 heavy (non-hydrogen) atoms. The molecule has 2 N–H and O–H groups in total. The van der Waals surface area contributed by atoms with Gasteiger partial charge in [0, 0.05) is 17.6 Å². The highest BCUT2D eigenvalue weighted by atomic mass is 16.5. The minimum absolute atomic E-state index is 0.602. The van der Waals surface area contributed by atoms with Gasteiger partial charge < -0.3 is 15.2 Å². The molecule has 2 rings (SSSR count). The second-order valence-corrected chi connectivity index (χ2v) is 4.10. The molecule has 0 saturated carbocycles. The molecule has 1 heterocycles. The zero-order valence-electron chi connectivity index (χ0n) is 10.8. The second-order valence-electron chi connectivity index (χ2n) is 4.10. The van der Waals surface area contributed by atoms with E-state index in [1.165, 1.54) is 0 Å². The highest BCUT2D eigenvalue weighted by molar-refractivity contribution is 5.96. The molecule has 0 spiro atoms. The van der Waals surface area contributed by atoms with E-state index in [-0.39, 0.29) is 0 Å². The summed E-state index contributed by atoms with van der Waals surface area (Å²) < 4.78 is 11.1. The molecular weight excluding hydrogens is 228 g/mol. The molecule has 0 fully saturated rings. The van der Waals surface area contributed by atoms with Crippen LogP contribution in [0.1, 0.15) is 19.8 Å². The van der Waals surface area contributed by atoms with E-state index in [0.717, 1.165) is 29.5 Å². The van der Waals surface area contributed by atoms with Crippen molar-refractivity contribution in [2.24, 2.45) is 0 Å². The summed E-state index contributed by atoms with van der Waals surface area (Å²) in [5, 5.41) is 0.894. The third-order valence-electron chi connectivity index (χ3n) is 2.80. The van der Waals surface area contributed by atoms with Gasteiger partial charge in [0.25, 0.3) is 0 Å². The summed E-state index contributed by atoms with van der Waals surface area (Å²) in [6, 6.07) is 5.58. The van der Waals surface area contributed by atoms with Gasteiger partial charge in [-0.15, -0.1) is 0 Å². The zero-order valence-corrected chi connectivity index (χ0v) is 10.8. The number of anilines is 1. The molecule has 4 heteroatoms. The van der Waals surface area contributed by atoms with Gasteiger partial charge in [-0.05, 0) is 18.6 Å². The average molecular weight is 246 g/mol. The molecule has 2 aromatic rings. The van der Waals surface area contributed by atoms with E-state index in [9.17, 15) is 0 Å². The van der Waals surface area contributed by atoms with Crippen molar-refractivity contribution >= 4 is 16.6 Å². The summed E-state index contributed by atoms with van der Waals surface area (Å²) in [7, 11) is 1.61. The molecule has 4 nitrogen and oxygen atoms in total. The first-order chi connectivity index (χ1) is 8.77. The van der Waals surface area contributed by atoms with Gasteiger partial charge in [-0.25, -0.2) is 0 Å². The van der Waals surface area contributed by atoms with E-state index in [2.05, 4.69) is 11.9 Å². The number of unbranched alkanes of at least 4 members (excludes halogenated alkanes) is 1. The largest absolute Gasteiger partial charge is 0.493 e. The lowest BCUT2D eigenvalue weighted by atomic mass is 10.1. The van der Waals surface area contributed by atoms with Crippen LogP contribution in [0.3, 0.4) is 0 Å². The Morgan fingerprint density at radius 3 is 2.94 bits per heavy atom. The molecule has 0 bridgehead atoms. The number of nitrogens with zero attached hydrogens (tertiary/aromatic N) is 1. The number of methoxy groups -OCH3 is 1. The normalized spacial score (nSPS) is 10.6. The fourth-order valence-electron chi connectivity index (χ4n) is 1.85. The molecule has 0 unspecified atom stereocenters. The quantitative estimate of drug-likeness (QED) is 0.651. The van der Waals surface area contributed by atoms with Crippen LogP contribution in [-0.2, 0) is 0 Å². The van der Waals surface area contributed by atoms with E-state index in [1.807, 2.05) is 12.1 Å². The van der Waals surface area contributed by atoms with Crippen LogP contribution in [-0.4, -0.2) is 18.7 Å². The van der Waals surface area contributed by atoms with Crippen molar-refractivity contribution in [1.82, 2.24) is 4.98 Å². The highest BCUT2D eigenvalue weighted by Crippen LogP contribution is 2.38. The Bertz CT molecular complexity index is 541. The number of ether oxygens (including phenoxy) is 2. The lowest BCUT2D eigenvalue weighted by molar-refractivity contribution is 0.292. The van der Waals surface area contributed by atoms with Crippen LogP contribution in [0, 0.1) is 0 Å². The van der Waals surface area contributed by atoms with E-state index >= 15 is 0 Å². The molecule has 1 aromatic heterocycles. The molecule has 0 saturated heterocycles. The number of nitrogens with two attached hydrogens (primary N) is 1. The fraction of sp³-hybridized carbons (Fsp3) is 0.357. The molecule has 1 aromatic carbocycles. The molecular formula is C14H18N2O2. The summed E-state index contributed by atoms with van der Waals surface area (Å²) in [5.74, 6) is 1.38. The van der Waals surface area contributed by atoms with Crippen molar-refractivity contribution in [3.63, 3.8) is 0 Å². The van der Waals surface area contributed by atoms with Gasteiger partial charge in [0.05, 0.1) is 24.9 Å². The Hall–Kier alpha value is -1.97. The first-order valence-corrected chi connectivity index (χ1v) is 6.12. The van der Waals surface area contributed by atoms with Crippen molar-refractivity contribution in [1.29, 1.82) is 0 Å². The van der Waals surface area contributed by atoms with Gasteiger partial charge in [-0.3, -0.25) is 4.98 Å². The van der Waals surface area contributed by atoms with Gasteiger partial charge >= 0.3 is 0 Å². The van der Waals surface area contributed by atoms with Crippen LogP contribution in [0.25, 0.3) is 10.9 Å². The van der Waals surface area contributed by atoms with E-state index in [0.29, 0.717) is 18.0 Å². The van der Waals surface area contributed by atoms with Crippen LogP contribution in [0.15, 0.2) is 24.4 Å². The molecule has 0 aliphatic rings. The number of benzene rings is 1. The van der Waals surface area contributed by atoms with Crippen LogP contribution in [0.2, 0.25) is 0 Å². The number of hydrogen-bond acceptors (Lipinski definition) is 4. The monoisotopic (exact) mass is 246 g/mol. The van der Waals surface area contributed by atoms with Gasteiger partial charge in [0.15, 0.2) is 11.5 Å². The van der Waals surface area contributed by atoms with Gasteiger partial charge in [-0.2, -0.15) is 0 Å². The summed E-state index contributed by atoms with van der Waals surface area (Å²) in [6.45, 7) is 2.80. The minimum atomic E-state index is 0.602. The van der Waals surface area contributed by atoms with Crippen molar-refractivity contribution in [3.8, 4) is 11.5 Å². The molecule has 0 atom stereocenters. The van der Waals surface area contributed by atoms with Crippen molar-refractivity contribution < 1.29 is 9.47 Å². The van der Waals surface area contributed by atoms with Crippen molar-refractivity contribution in [2.75, 3.05) is 19.5 Å². The number of fused-ring (bicyclic) bond motifs is 1. The average Bonchev–Trinajstić information content (AvgIpc) is 2.41. The Labute approximate surface area is 107 Å². The third-order valence-corrected chi connectivity index (χ3v) is 2.80. The summed E-state index contributed by atoms with van der Waals surface area (Å²) in [5.41, 5.74) is 7.31. The lowest BCUT2D eigenvalue weighted by Crippen LogP contribution is -2.01. The summed E-state index contributed by atoms with van der Waals surface area (Å²) in [4.78, 5) is 4.28. The maximum atomic E-state index is 5.96. The molecule has 0 aliphatic heterocycles. The number of aromatic nitrogens is 1. The number of rotatable bonds is 5.